The first kappa shape index (κ1) is 10.8. The van der Waals surface area contributed by atoms with Gasteiger partial charge in [0.25, 0.3) is 0 Å². The van der Waals surface area contributed by atoms with Crippen molar-refractivity contribution in [1.82, 2.24) is 10.2 Å². The summed E-state index contributed by atoms with van der Waals surface area (Å²) in [5, 5.41) is 3.79. The number of hydrogen-bond donors (Lipinski definition) is 1. The van der Waals surface area contributed by atoms with Crippen LogP contribution in [-0.2, 0) is 0 Å². The van der Waals surface area contributed by atoms with Crippen LogP contribution in [0.15, 0.2) is 0 Å². The van der Waals surface area contributed by atoms with Gasteiger partial charge in [0.05, 0.1) is 0 Å². The first-order valence-corrected chi connectivity index (χ1v) is 7.80. The molecule has 1 saturated heterocycles. The Labute approximate surface area is 105 Å². The van der Waals surface area contributed by atoms with Crippen molar-refractivity contribution in [2.75, 3.05) is 13.1 Å². The molecule has 0 aromatic carbocycles. The van der Waals surface area contributed by atoms with Crippen molar-refractivity contribution >= 4 is 0 Å². The summed E-state index contributed by atoms with van der Waals surface area (Å²) in [5.41, 5.74) is 0. The molecule has 2 bridgehead atoms. The van der Waals surface area contributed by atoms with Crippen molar-refractivity contribution < 1.29 is 0 Å². The van der Waals surface area contributed by atoms with Crippen molar-refractivity contribution in [3.05, 3.63) is 0 Å². The Bertz CT molecular complexity index is 299. The lowest BCUT2D eigenvalue weighted by Crippen LogP contribution is -2.60. The second-order valence-corrected chi connectivity index (χ2v) is 7.14. The molecule has 0 aromatic rings. The third kappa shape index (κ3) is 1.84. The molecule has 5 atom stereocenters. The fraction of sp³-hybridized carbons (Fsp3) is 1.00. The number of piperazine rings is 1. The molecule has 5 unspecified atom stereocenters. The topological polar surface area (TPSA) is 15.3 Å². The Balaban J connectivity index is 1.47. The van der Waals surface area contributed by atoms with Gasteiger partial charge in [-0.15, -0.1) is 0 Å². The Kier molecular flexibility index (Phi) is 2.52. The molecule has 4 fully saturated rings. The highest BCUT2D eigenvalue weighted by atomic mass is 15.3. The van der Waals surface area contributed by atoms with Gasteiger partial charge >= 0.3 is 0 Å². The largest absolute Gasteiger partial charge is 0.311 e. The highest BCUT2D eigenvalue weighted by molar-refractivity contribution is 5.01. The molecule has 0 radical (unpaired) electrons. The van der Waals surface area contributed by atoms with Crippen LogP contribution in [0.1, 0.15) is 45.4 Å². The monoisotopic (exact) mass is 234 g/mol. The van der Waals surface area contributed by atoms with E-state index >= 15 is 0 Å². The zero-order chi connectivity index (χ0) is 11.4. The zero-order valence-electron chi connectivity index (χ0n) is 11.1. The Morgan fingerprint density at radius 3 is 2.47 bits per heavy atom. The number of nitrogens with zero attached hydrogens (tertiary/aromatic N) is 1. The van der Waals surface area contributed by atoms with Gasteiger partial charge in [-0.2, -0.15) is 0 Å². The van der Waals surface area contributed by atoms with E-state index in [0.717, 1.165) is 35.9 Å². The van der Waals surface area contributed by atoms with Crippen LogP contribution in [0.5, 0.6) is 0 Å². The second kappa shape index (κ2) is 3.96. The molecule has 1 aliphatic heterocycles. The molecule has 4 rings (SSSR count). The Morgan fingerprint density at radius 1 is 1.00 bits per heavy atom. The van der Waals surface area contributed by atoms with E-state index in [0.29, 0.717) is 0 Å². The van der Waals surface area contributed by atoms with E-state index < -0.39 is 0 Å². The van der Waals surface area contributed by atoms with Crippen molar-refractivity contribution in [3.8, 4) is 0 Å². The maximum Gasteiger partial charge on any atom is 0.0224 e. The van der Waals surface area contributed by atoms with Crippen LogP contribution in [0.4, 0.5) is 0 Å². The molecule has 96 valence electrons. The fourth-order valence-corrected chi connectivity index (χ4v) is 4.80. The molecule has 1 heterocycles. The van der Waals surface area contributed by atoms with Gasteiger partial charge in [0.2, 0.25) is 0 Å². The standard InChI is InChI=1S/C15H26N2/c1-10-8-16-14(12-4-5-12)9-17(10)15-7-11-2-3-13(15)6-11/h10-16H,2-9H2,1H3. The Hall–Kier alpha value is -0.0800. The van der Waals surface area contributed by atoms with E-state index in [9.17, 15) is 0 Å². The zero-order valence-corrected chi connectivity index (χ0v) is 11.1. The van der Waals surface area contributed by atoms with Crippen LogP contribution < -0.4 is 5.32 Å². The minimum absolute atomic E-state index is 0.773. The molecule has 0 aromatic heterocycles. The molecule has 0 amide bonds. The average Bonchev–Trinajstić information content (AvgIpc) is 2.98. The summed E-state index contributed by atoms with van der Waals surface area (Å²) in [6.45, 7) is 5.01. The molecule has 2 heteroatoms. The summed E-state index contributed by atoms with van der Waals surface area (Å²) in [4.78, 5) is 2.89. The van der Waals surface area contributed by atoms with E-state index in [4.69, 9.17) is 0 Å². The van der Waals surface area contributed by atoms with Gasteiger partial charge in [0, 0.05) is 31.2 Å². The van der Waals surface area contributed by atoms with Gasteiger partial charge in [0.15, 0.2) is 0 Å². The number of hydrogen-bond acceptors (Lipinski definition) is 2. The van der Waals surface area contributed by atoms with Gasteiger partial charge in [-0.1, -0.05) is 6.42 Å². The van der Waals surface area contributed by atoms with E-state index in [1.165, 1.54) is 45.2 Å². The van der Waals surface area contributed by atoms with Crippen LogP contribution in [0.25, 0.3) is 0 Å². The molecular formula is C15H26N2. The second-order valence-electron chi connectivity index (χ2n) is 7.14. The maximum atomic E-state index is 3.79. The lowest BCUT2D eigenvalue weighted by molar-refractivity contribution is 0.0565. The fourth-order valence-electron chi connectivity index (χ4n) is 4.80. The molecule has 0 spiro atoms. The Morgan fingerprint density at radius 2 is 1.82 bits per heavy atom. The predicted molar refractivity (Wildman–Crippen MR) is 69.9 cm³/mol. The lowest BCUT2D eigenvalue weighted by atomic mass is 9.91. The van der Waals surface area contributed by atoms with Gasteiger partial charge in [0.1, 0.15) is 0 Å². The molecule has 4 aliphatic rings. The average molecular weight is 234 g/mol. The summed E-state index contributed by atoms with van der Waals surface area (Å²) in [6, 6.07) is 2.55. The van der Waals surface area contributed by atoms with E-state index in [2.05, 4.69) is 17.1 Å². The lowest BCUT2D eigenvalue weighted by Gasteiger charge is -2.45. The molecule has 3 saturated carbocycles. The summed E-state index contributed by atoms with van der Waals surface area (Å²) < 4.78 is 0. The molecular weight excluding hydrogens is 208 g/mol. The number of rotatable bonds is 2. The van der Waals surface area contributed by atoms with Crippen LogP contribution >= 0.6 is 0 Å². The summed E-state index contributed by atoms with van der Waals surface area (Å²) >= 11 is 0. The first-order chi connectivity index (χ1) is 8.31. The number of nitrogens with one attached hydrogen (secondary N) is 1. The molecule has 1 N–H and O–H groups in total. The molecule has 3 aliphatic carbocycles. The third-order valence-electron chi connectivity index (χ3n) is 5.97. The SMILES string of the molecule is CC1CNC(C2CC2)CN1C1CC2CCC1C2. The number of fused-ring (bicyclic) bond motifs is 2. The third-order valence-corrected chi connectivity index (χ3v) is 5.97. The van der Waals surface area contributed by atoms with Gasteiger partial charge in [-0.25, -0.2) is 0 Å². The minimum atomic E-state index is 0.773. The van der Waals surface area contributed by atoms with E-state index in [1.807, 2.05) is 0 Å². The quantitative estimate of drug-likeness (QED) is 0.788. The molecule has 17 heavy (non-hydrogen) atoms. The van der Waals surface area contributed by atoms with Crippen LogP contribution in [0, 0.1) is 17.8 Å². The van der Waals surface area contributed by atoms with Crippen molar-refractivity contribution in [3.63, 3.8) is 0 Å². The van der Waals surface area contributed by atoms with Gasteiger partial charge < -0.3 is 5.32 Å². The smallest absolute Gasteiger partial charge is 0.0224 e. The van der Waals surface area contributed by atoms with Crippen LogP contribution in [-0.4, -0.2) is 36.1 Å². The summed E-state index contributed by atoms with van der Waals surface area (Å²) in [7, 11) is 0. The first-order valence-electron chi connectivity index (χ1n) is 7.80. The summed E-state index contributed by atoms with van der Waals surface area (Å²) in [5.74, 6) is 3.16. The predicted octanol–water partition coefficient (Wildman–Crippen LogP) is 2.25. The van der Waals surface area contributed by atoms with Gasteiger partial charge in [-0.05, 0) is 56.8 Å². The van der Waals surface area contributed by atoms with Crippen molar-refractivity contribution in [2.45, 2.75) is 63.6 Å². The van der Waals surface area contributed by atoms with E-state index in [-0.39, 0.29) is 0 Å². The van der Waals surface area contributed by atoms with Crippen molar-refractivity contribution in [2.24, 2.45) is 17.8 Å². The minimum Gasteiger partial charge on any atom is -0.311 e. The normalized spacial score (nSPS) is 51.0. The van der Waals surface area contributed by atoms with E-state index in [1.54, 1.807) is 6.42 Å². The maximum absolute atomic E-state index is 3.79. The van der Waals surface area contributed by atoms with Crippen LogP contribution in [0.3, 0.4) is 0 Å². The van der Waals surface area contributed by atoms with Crippen LogP contribution in [0.2, 0.25) is 0 Å². The molecule has 2 nitrogen and oxygen atoms in total. The van der Waals surface area contributed by atoms with Crippen molar-refractivity contribution in [1.29, 1.82) is 0 Å². The highest BCUT2D eigenvalue weighted by Gasteiger charge is 2.46. The summed E-state index contributed by atoms with van der Waals surface area (Å²) in [6.07, 6.45) is 9.10. The highest BCUT2D eigenvalue weighted by Crippen LogP contribution is 2.47. The van der Waals surface area contributed by atoms with Gasteiger partial charge in [-0.3, -0.25) is 4.90 Å².